The molecule has 4 nitrogen and oxygen atoms in total. The number of alkyl halides is 3. The molecule has 0 radical (unpaired) electrons. The Morgan fingerprint density at radius 3 is 2.12 bits per heavy atom. The first-order valence-corrected chi connectivity index (χ1v) is 8.75. The van der Waals surface area contributed by atoms with Crippen LogP contribution in [0, 0.1) is 0 Å². The van der Waals surface area contributed by atoms with Crippen LogP contribution in [-0.4, -0.2) is 15.3 Å². The van der Waals surface area contributed by atoms with E-state index in [1.165, 1.54) is 0 Å². The van der Waals surface area contributed by atoms with E-state index in [9.17, 15) is 5.11 Å². The highest BCUT2D eigenvalue weighted by atomic mass is 35.6. The van der Waals surface area contributed by atoms with Crippen LogP contribution in [0.3, 0.4) is 0 Å². The van der Waals surface area contributed by atoms with Gasteiger partial charge in [0.25, 0.3) is 9.68 Å². The van der Waals surface area contributed by atoms with E-state index in [0.717, 1.165) is 16.7 Å². The van der Waals surface area contributed by atoms with Gasteiger partial charge in [-0.15, -0.1) is 10.2 Å². The molecule has 0 aliphatic heterocycles. The van der Waals surface area contributed by atoms with Gasteiger partial charge in [0, 0.05) is 0 Å². The lowest BCUT2D eigenvalue weighted by atomic mass is 9.91. The van der Waals surface area contributed by atoms with E-state index in [-0.39, 0.29) is 18.4 Å². The van der Waals surface area contributed by atoms with Gasteiger partial charge in [-0.2, -0.15) is 0 Å². The van der Waals surface area contributed by atoms with Crippen molar-refractivity contribution in [1.82, 2.24) is 10.2 Å². The fraction of sp³-hybridized carbons (Fsp3) is 0.222. The number of nitrogens with zero attached hydrogens (tertiary/aromatic N) is 2. The third kappa shape index (κ3) is 4.53. The predicted molar refractivity (Wildman–Crippen MR) is 97.9 cm³/mol. The zero-order valence-corrected chi connectivity index (χ0v) is 15.3. The minimum atomic E-state index is -1.75. The van der Waals surface area contributed by atoms with Gasteiger partial charge in [-0.1, -0.05) is 89.4 Å². The van der Waals surface area contributed by atoms with Crippen LogP contribution in [0.1, 0.15) is 34.4 Å². The van der Waals surface area contributed by atoms with E-state index in [0.29, 0.717) is 12.3 Å². The highest BCUT2D eigenvalue weighted by Gasteiger charge is 2.32. The van der Waals surface area contributed by atoms with Crippen LogP contribution < -0.4 is 0 Å². The number of aliphatic hydroxyl groups excluding tert-OH is 1. The molecule has 1 N–H and O–H groups in total. The Hall–Kier alpha value is -1.59. The summed E-state index contributed by atoms with van der Waals surface area (Å²) in [6, 6.07) is 17.5. The molecule has 0 fully saturated rings. The predicted octanol–water partition coefficient (Wildman–Crippen LogP) is 4.76. The van der Waals surface area contributed by atoms with Crippen LogP contribution >= 0.6 is 34.8 Å². The highest BCUT2D eigenvalue weighted by molar-refractivity contribution is 6.66. The summed E-state index contributed by atoms with van der Waals surface area (Å²) in [5, 5.41) is 17.1. The molecule has 0 aliphatic carbocycles. The quantitative estimate of drug-likeness (QED) is 0.630. The lowest BCUT2D eigenvalue weighted by molar-refractivity contribution is 0.282. The minimum absolute atomic E-state index is 0.0126. The smallest absolute Gasteiger partial charge is 0.268 e. The molecule has 3 rings (SSSR count). The molecule has 7 heteroatoms. The molecule has 0 amide bonds. The summed E-state index contributed by atoms with van der Waals surface area (Å²) in [5.41, 5.74) is 2.95. The Balaban J connectivity index is 1.94. The summed E-state index contributed by atoms with van der Waals surface area (Å²) < 4.78 is 3.87. The molecule has 0 saturated carbocycles. The van der Waals surface area contributed by atoms with Gasteiger partial charge in [0.15, 0.2) is 0 Å². The van der Waals surface area contributed by atoms with Crippen LogP contribution in [0.4, 0.5) is 0 Å². The Kier molecular flexibility index (Phi) is 5.64. The van der Waals surface area contributed by atoms with Gasteiger partial charge >= 0.3 is 0 Å². The normalized spacial score (nSPS) is 13.0. The molecule has 130 valence electrons. The van der Waals surface area contributed by atoms with Gasteiger partial charge in [-0.05, 0) is 23.1 Å². The number of hydrogen-bond acceptors (Lipinski definition) is 4. The van der Waals surface area contributed by atoms with Gasteiger partial charge in [-0.3, -0.25) is 0 Å². The summed E-state index contributed by atoms with van der Waals surface area (Å²) in [5.74, 6) is 0.164. The van der Waals surface area contributed by atoms with Crippen LogP contribution in [0.2, 0.25) is 0 Å². The molecule has 1 atom stereocenters. The second-order valence-electron chi connectivity index (χ2n) is 5.59. The molecular weight excluding hydrogens is 383 g/mol. The van der Waals surface area contributed by atoms with Crippen molar-refractivity contribution in [1.29, 1.82) is 0 Å². The molecular formula is C18H15Cl3N2O2. The molecule has 0 spiro atoms. The minimum Gasteiger partial charge on any atom is -0.420 e. The van der Waals surface area contributed by atoms with Crippen molar-refractivity contribution in [3.63, 3.8) is 0 Å². The second-order valence-corrected chi connectivity index (χ2v) is 7.87. The van der Waals surface area contributed by atoms with Gasteiger partial charge in [0.05, 0.1) is 12.5 Å². The van der Waals surface area contributed by atoms with Crippen molar-refractivity contribution in [3.8, 4) is 0 Å². The number of halogens is 3. The summed E-state index contributed by atoms with van der Waals surface area (Å²) in [6.07, 6.45) is 0.636. The fourth-order valence-corrected chi connectivity index (χ4v) is 2.77. The van der Waals surface area contributed by atoms with Crippen molar-refractivity contribution in [2.75, 3.05) is 0 Å². The van der Waals surface area contributed by atoms with Crippen molar-refractivity contribution < 1.29 is 9.52 Å². The summed E-state index contributed by atoms with van der Waals surface area (Å²) in [6.45, 7) is 0.0126. The number of aliphatic hydroxyl groups is 1. The molecule has 25 heavy (non-hydrogen) atoms. The maximum Gasteiger partial charge on any atom is 0.268 e. The highest BCUT2D eigenvalue weighted by Crippen LogP contribution is 2.38. The van der Waals surface area contributed by atoms with Crippen molar-refractivity contribution in [3.05, 3.63) is 83.1 Å². The van der Waals surface area contributed by atoms with Crippen molar-refractivity contribution >= 4 is 34.8 Å². The summed E-state index contributed by atoms with van der Waals surface area (Å²) in [7, 11) is 0. The van der Waals surface area contributed by atoms with Gasteiger partial charge in [0.2, 0.25) is 5.89 Å². The fourth-order valence-electron chi connectivity index (χ4n) is 2.54. The largest absolute Gasteiger partial charge is 0.420 e. The van der Waals surface area contributed by atoms with E-state index in [2.05, 4.69) is 10.2 Å². The number of hydrogen-bond donors (Lipinski definition) is 1. The van der Waals surface area contributed by atoms with Crippen LogP contribution in [0.25, 0.3) is 0 Å². The number of aromatic nitrogens is 2. The Labute approximate surface area is 160 Å². The average Bonchev–Trinajstić information content (AvgIpc) is 3.11. The van der Waals surface area contributed by atoms with Crippen molar-refractivity contribution in [2.24, 2.45) is 0 Å². The third-order valence-corrected chi connectivity index (χ3v) is 4.31. The van der Waals surface area contributed by atoms with E-state index in [4.69, 9.17) is 39.2 Å². The van der Waals surface area contributed by atoms with Crippen molar-refractivity contribution in [2.45, 2.75) is 22.7 Å². The van der Waals surface area contributed by atoms with Crippen LogP contribution in [0.5, 0.6) is 0 Å². The zero-order chi connectivity index (χ0) is 17.9. The SMILES string of the molecule is OCc1ccc(CC(c2ccccc2)c2nnc(C(Cl)(Cl)Cl)o2)cc1. The van der Waals surface area contributed by atoms with E-state index >= 15 is 0 Å². The molecule has 0 aliphatic rings. The van der Waals surface area contributed by atoms with E-state index < -0.39 is 3.79 Å². The first kappa shape index (κ1) is 18.2. The van der Waals surface area contributed by atoms with Crippen LogP contribution in [-0.2, 0) is 16.8 Å². The Morgan fingerprint density at radius 1 is 0.920 bits per heavy atom. The third-order valence-electron chi connectivity index (χ3n) is 3.83. The van der Waals surface area contributed by atoms with Gasteiger partial charge in [-0.25, -0.2) is 0 Å². The maximum absolute atomic E-state index is 9.17. The Morgan fingerprint density at radius 2 is 1.56 bits per heavy atom. The summed E-state index contributed by atoms with van der Waals surface area (Å²) in [4.78, 5) is 0. The topological polar surface area (TPSA) is 59.2 Å². The van der Waals surface area contributed by atoms with E-state index in [1.807, 2.05) is 54.6 Å². The average molecular weight is 398 g/mol. The van der Waals surface area contributed by atoms with E-state index in [1.54, 1.807) is 0 Å². The molecule has 0 bridgehead atoms. The maximum atomic E-state index is 9.17. The molecule has 3 aromatic rings. The van der Waals surface area contributed by atoms with Gasteiger partial charge < -0.3 is 9.52 Å². The monoisotopic (exact) mass is 396 g/mol. The molecule has 1 aromatic heterocycles. The van der Waals surface area contributed by atoms with Crippen LogP contribution in [0.15, 0.2) is 59.0 Å². The molecule has 0 saturated heterocycles. The first-order valence-electron chi connectivity index (χ1n) is 7.61. The lowest BCUT2D eigenvalue weighted by Gasteiger charge is -2.14. The zero-order valence-electron chi connectivity index (χ0n) is 13.1. The number of rotatable bonds is 5. The molecule has 2 aromatic carbocycles. The molecule has 1 unspecified atom stereocenters. The Bertz CT molecular complexity index is 814. The standard InChI is InChI=1S/C18H15Cl3N2O2/c19-18(20,21)17-23-22-16(25-17)15(14-4-2-1-3-5-14)10-12-6-8-13(11-24)9-7-12/h1-9,15,24H,10-11H2. The molecule has 1 heterocycles. The second kappa shape index (κ2) is 7.75. The first-order chi connectivity index (χ1) is 12.0. The van der Waals surface area contributed by atoms with Gasteiger partial charge in [0.1, 0.15) is 0 Å². The summed E-state index contributed by atoms with van der Waals surface area (Å²) >= 11 is 17.5. The number of benzene rings is 2. The lowest BCUT2D eigenvalue weighted by Crippen LogP contribution is -2.06.